The number of aryl methyl sites for hydroxylation is 1. The lowest BCUT2D eigenvalue weighted by Gasteiger charge is -2.01. The van der Waals surface area contributed by atoms with Gasteiger partial charge in [-0.2, -0.15) is 10.4 Å². The third-order valence-corrected chi connectivity index (χ3v) is 2.41. The minimum atomic E-state index is -0.251. The summed E-state index contributed by atoms with van der Waals surface area (Å²) in [5, 5.41) is 15.5. The smallest absolute Gasteiger partial charge is 0.248 e. The number of carbonyl (C=O) groups excluding carboxylic acids is 1. The molecule has 0 aliphatic carbocycles. The molecule has 0 aliphatic heterocycles. The number of nitrogens with zero attached hydrogens (tertiary/aromatic N) is 3. The number of amides is 1. The van der Waals surface area contributed by atoms with Gasteiger partial charge in [-0.1, -0.05) is 6.07 Å². The van der Waals surface area contributed by atoms with Crippen LogP contribution in [0.25, 0.3) is 6.08 Å². The molecular formula is C14H12N4O. The highest BCUT2D eigenvalue weighted by molar-refractivity contribution is 6.01. The number of nitrogens with one attached hydrogen (secondary N) is 1. The summed E-state index contributed by atoms with van der Waals surface area (Å²) in [4.78, 5) is 11.7. The molecule has 1 amide bonds. The Morgan fingerprint density at radius 2 is 2.37 bits per heavy atom. The molecule has 0 radical (unpaired) electrons. The number of anilines is 1. The Balaban J connectivity index is 2.01. The summed E-state index contributed by atoms with van der Waals surface area (Å²) in [6.07, 6.45) is 6.58. The van der Waals surface area contributed by atoms with E-state index in [1.165, 1.54) is 6.08 Å². The summed E-state index contributed by atoms with van der Waals surface area (Å²) in [6.45, 7) is 0. The van der Waals surface area contributed by atoms with Crippen LogP contribution >= 0.6 is 0 Å². The van der Waals surface area contributed by atoms with Gasteiger partial charge in [-0.05, 0) is 24.3 Å². The zero-order valence-electron chi connectivity index (χ0n) is 10.4. The van der Waals surface area contributed by atoms with Crippen LogP contribution in [-0.2, 0) is 11.8 Å². The second-order valence-corrected chi connectivity index (χ2v) is 3.96. The molecule has 0 bridgehead atoms. The van der Waals surface area contributed by atoms with Crippen LogP contribution in [0.15, 0.2) is 42.7 Å². The number of rotatable bonds is 3. The molecule has 0 saturated heterocycles. The first kappa shape index (κ1) is 12.6. The normalized spacial score (nSPS) is 10.3. The molecular weight excluding hydrogens is 240 g/mol. The quantitative estimate of drug-likeness (QED) is 0.848. The standard InChI is InChI=1S/C14H12N4O/c1-18-10-12(9-16-18)5-6-14(19)17-13-4-2-3-11(7-13)8-15/h2-7,9-10H,1H3,(H,17,19)/b6-5+. The van der Waals surface area contributed by atoms with E-state index in [-0.39, 0.29) is 5.91 Å². The van der Waals surface area contributed by atoms with Crippen molar-refractivity contribution in [3.63, 3.8) is 0 Å². The van der Waals surface area contributed by atoms with E-state index in [0.717, 1.165) is 5.56 Å². The van der Waals surface area contributed by atoms with Gasteiger partial charge in [-0.25, -0.2) is 0 Å². The third kappa shape index (κ3) is 3.54. The molecule has 1 aromatic carbocycles. The van der Waals surface area contributed by atoms with Crippen molar-refractivity contribution in [3.8, 4) is 6.07 Å². The molecule has 0 fully saturated rings. The summed E-state index contributed by atoms with van der Waals surface area (Å²) < 4.78 is 1.66. The molecule has 0 saturated carbocycles. The van der Waals surface area contributed by atoms with Gasteiger partial charge in [0, 0.05) is 30.6 Å². The summed E-state index contributed by atoms with van der Waals surface area (Å²) in [5.74, 6) is -0.251. The van der Waals surface area contributed by atoms with Crippen LogP contribution in [0.3, 0.4) is 0 Å². The van der Waals surface area contributed by atoms with E-state index in [4.69, 9.17) is 5.26 Å². The molecule has 2 aromatic rings. The minimum absolute atomic E-state index is 0.251. The van der Waals surface area contributed by atoms with E-state index in [9.17, 15) is 4.79 Å². The number of carbonyl (C=O) groups is 1. The average Bonchev–Trinajstić information content (AvgIpc) is 2.82. The molecule has 94 valence electrons. The van der Waals surface area contributed by atoms with Gasteiger partial charge in [0.25, 0.3) is 0 Å². The van der Waals surface area contributed by atoms with Crippen LogP contribution in [0.2, 0.25) is 0 Å². The highest BCUT2D eigenvalue weighted by Gasteiger charge is 1.99. The van der Waals surface area contributed by atoms with Crippen LogP contribution in [0.5, 0.6) is 0 Å². The van der Waals surface area contributed by atoms with Gasteiger partial charge < -0.3 is 5.32 Å². The zero-order chi connectivity index (χ0) is 13.7. The van der Waals surface area contributed by atoms with E-state index in [0.29, 0.717) is 11.3 Å². The van der Waals surface area contributed by atoms with Crippen LogP contribution in [0.1, 0.15) is 11.1 Å². The van der Waals surface area contributed by atoms with Crippen molar-refractivity contribution in [2.24, 2.45) is 7.05 Å². The number of aromatic nitrogens is 2. The molecule has 0 aliphatic rings. The Labute approximate surface area is 110 Å². The summed E-state index contributed by atoms with van der Waals surface area (Å²) in [6, 6.07) is 8.78. The predicted octanol–water partition coefficient (Wildman–Crippen LogP) is 1.94. The Bertz CT molecular complexity index is 664. The molecule has 5 heteroatoms. The van der Waals surface area contributed by atoms with Crippen LogP contribution in [0, 0.1) is 11.3 Å². The van der Waals surface area contributed by atoms with E-state index >= 15 is 0 Å². The Morgan fingerprint density at radius 1 is 1.53 bits per heavy atom. The summed E-state index contributed by atoms with van der Waals surface area (Å²) in [7, 11) is 1.81. The van der Waals surface area contributed by atoms with Crippen LogP contribution < -0.4 is 5.32 Å². The minimum Gasteiger partial charge on any atom is -0.322 e. The fourth-order valence-corrected chi connectivity index (χ4v) is 1.55. The van der Waals surface area contributed by atoms with Gasteiger partial charge in [-0.15, -0.1) is 0 Å². The first-order valence-electron chi connectivity index (χ1n) is 5.65. The van der Waals surface area contributed by atoms with Crippen molar-refractivity contribution in [2.75, 3.05) is 5.32 Å². The largest absolute Gasteiger partial charge is 0.322 e. The maximum Gasteiger partial charge on any atom is 0.248 e. The number of hydrogen-bond donors (Lipinski definition) is 1. The summed E-state index contributed by atoms with van der Waals surface area (Å²) >= 11 is 0. The topological polar surface area (TPSA) is 70.7 Å². The fourth-order valence-electron chi connectivity index (χ4n) is 1.55. The van der Waals surface area contributed by atoms with Gasteiger partial charge in [0.05, 0.1) is 17.8 Å². The van der Waals surface area contributed by atoms with E-state index in [1.54, 1.807) is 47.4 Å². The lowest BCUT2D eigenvalue weighted by Crippen LogP contribution is -2.07. The molecule has 1 heterocycles. The van der Waals surface area contributed by atoms with Crippen molar-refractivity contribution in [1.29, 1.82) is 5.26 Å². The van der Waals surface area contributed by atoms with E-state index in [1.807, 2.05) is 13.1 Å². The second-order valence-electron chi connectivity index (χ2n) is 3.96. The predicted molar refractivity (Wildman–Crippen MR) is 72.0 cm³/mol. The SMILES string of the molecule is Cn1cc(/C=C/C(=O)Nc2cccc(C#N)c2)cn1. The average molecular weight is 252 g/mol. The molecule has 1 N–H and O–H groups in total. The van der Waals surface area contributed by atoms with Crippen LogP contribution in [-0.4, -0.2) is 15.7 Å². The first-order chi connectivity index (χ1) is 9.17. The van der Waals surface area contributed by atoms with Crippen LogP contribution in [0.4, 0.5) is 5.69 Å². The highest BCUT2D eigenvalue weighted by Crippen LogP contribution is 2.10. The molecule has 5 nitrogen and oxygen atoms in total. The Morgan fingerprint density at radius 3 is 3.05 bits per heavy atom. The van der Waals surface area contributed by atoms with Gasteiger partial charge in [0.15, 0.2) is 0 Å². The van der Waals surface area contributed by atoms with Crippen molar-refractivity contribution >= 4 is 17.7 Å². The molecule has 1 aromatic heterocycles. The van der Waals surface area contributed by atoms with Gasteiger partial charge in [-0.3, -0.25) is 9.48 Å². The first-order valence-corrected chi connectivity index (χ1v) is 5.65. The van der Waals surface area contributed by atoms with Crippen molar-refractivity contribution in [1.82, 2.24) is 9.78 Å². The van der Waals surface area contributed by atoms with Crippen molar-refractivity contribution < 1.29 is 4.79 Å². The van der Waals surface area contributed by atoms with Gasteiger partial charge in [0.2, 0.25) is 5.91 Å². The lowest BCUT2D eigenvalue weighted by molar-refractivity contribution is -0.111. The number of benzene rings is 1. The molecule has 0 atom stereocenters. The Kier molecular flexibility index (Phi) is 3.74. The summed E-state index contributed by atoms with van der Waals surface area (Å²) in [5.41, 5.74) is 1.96. The maximum absolute atomic E-state index is 11.7. The van der Waals surface area contributed by atoms with Crippen molar-refractivity contribution in [3.05, 3.63) is 53.9 Å². The monoisotopic (exact) mass is 252 g/mol. The van der Waals surface area contributed by atoms with Gasteiger partial charge >= 0.3 is 0 Å². The molecule has 2 rings (SSSR count). The van der Waals surface area contributed by atoms with Gasteiger partial charge in [0.1, 0.15) is 0 Å². The lowest BCUT2D eigenvalue weighted by atomic mass is 10.2. The number of nitriles is 1. The zero-order valence-corrected chi connectivity index (χ0v) is 10.4. The highest BCUT2D eigenvalue weighted by atomic mass is 16.1. The molecule has 0 spiro atoms. The number of hydrogen-bond acceptors (Lipinski definition) is 3. The van der Waals surface area contributed by atoms with Crippen molar-refractivity contribution in [2.45, 2.75) is 0 Å². The van der Waals surface area contributed by atoms with E-state index < -0.39 is 0 Å². The Hall–Kier alpha value is -2.87. The van der Waals surface area contributed by atoms with E-state index in [2.05, 4.69) is 10.4 Å². The second kappa shape index (κ2) is 5.65. The fraction of sp³-hybridized carbons (Fsp3) is 0.0714. The molecule has 19 heavy (non-hydrogen) atoms. The third-order valence-electron chi connectivity index (χ3n) is 2.41. The maximum atomic E-state index is 11.7. The molecule has 0 unspecified atom stereocenters.